The predicted molar refractivity (Wildman–Crippen MR) is 61.2 cm³/mol. The molecule has 0 amide bonds. The molecule has 1 aromatic rings. The van der Waals surface area contributed by atoms with Crippen molar-refractivity contribution in [2.45, 2.75) is 25.1 Å². The van der Waals surface area contributed by atoms with Gasteiger partial charge in [-0.15, -0.1) is 0 Å². The zero-order valence-electron chi connectivity index (χ0n) is 8.25. The fourth-order valence-electron chi connectivity index (χ4n) is 1.11. The van der Waals surface area contributed by atoms with Crippen LogP contribution in [0.4, 0.5) is 0 Å². The first-order valence-electron chi connectivity index (χ1n) is 4.55. The summed E-state index contributed by atoms with van der Waals surface area (Å²) in [6, 6.07) is 10.4. The Labute approximate surface area is 86.0 Å². The van der Waals surface area contributed by atoms with E-state index in [1.54, 1.807) is 0 Å². The molecule has 0 aliphatic heterocycles. The average molecular weight is 195 g/mol. The van der Waals surface area contributed by atoms with Crippen LogP contribution in [0.2, 0.25) is 0 Å². The highest BCUT2D eigenvalue weighted by Crippen LogP contribution is 2.09. The van der Waals surface area contributed by atoms with E-state index in [2.05, 4.69) is 56.1 Å². The third-order valence-corrected chi connectivity index (χ3v) is 1.89. The topological polar surface area (TPSA) is 12.0 Å². The molecular weight excluding hydrogens is 178 g/mol. The lowest BCUT2D eigenvalue weighted by Crippen LogP contribution is -2.29. The van der Waals surface area contributed by atoms with Crippen LogP contribution in [0.25, 0.3) is 0 Å². The van der Waals surface area contributed by atoms with Gasteiger partial charge in [0, 0.05) is 17.8 Å². The van der Waals surface area contributed by atoms with Crippen molar-refractivity contribution in [1.29, 1.82) is 0 Å². The summed E-state index contributed by atoms with van der Waals surface area (Å²) >= 11 is 4.44. The number of hydrogen-bond acceptors (Lipinski definition) is 2. The number of thiol groups is 1. The van der Waals surface area contributed by atoms with Gasteiger partial charge in [-0.05, 0) is 19.4 Å². The van der Waals surface area contributed by atoms with Gasteiger partial charge in [0.1, 0.15) is 0 Å². The van der Waals surface area contributed by atoms with E-state index >= 15 is 0 Å². The second-order valence-corrected chi connectivity index (χ2v) is 5.11. The highest BCUT2D eigenvalue weighted by molar-refractivity contribution is 7.81. The van der Waals surface area contributed by atoms with Gasteiger partial charge in [-0.25, -0.2) is 0 Å². The first-order chi connectivity index (χ1) is 6.08. The molecule has 1 aromatic carbocycles. The second kappa shape index (κ2) is 4.68. The molecule has 1 rings (SSSR count). The Hall–Kier alpha value is -0.470. The molecule has 0 atom stereocenters. The van der Waals surface area contributed by atoms with Crippen molar-refractivity contribution in [3.05, 3.63) is 35.9 Å². The molecule has 13 heavy (non-hydrogen) atoms. The van der Waals surface area contributed by atoms with Gasteiger partial charge in [-0.1, -0.05) is 30.3 Å². The van der Waals surface area contributed by atoms with Crippen molar-refractivity contribution in [3.63, 3.8) is 0 Å². The van der Waals surface area contributed by atoms with Crippen LogP contribution in [-0.4, -0.2) is 11.3 Å². The van der Waals surface area contributed by atoms with Crippen LogP contribution in [-0.2, 0) is 6.54 Å². The Balaban J connectivity index is 2.29. The van der Waals surface area contributed by atoms with E-state index < -0.39 is 0 Å². The lowest BCUT2D eigenvalue weighted by Gasteiger charge is -2.17. The molecule has 0 spiro atoms. The van der Waals surface area contributed by atoms with E-state index in [-0.39, 0.29) is 4.75 Å². The molecule has 0 saturated heterocycles. The standard InChI is InChI=1S/C11H17NS/c1-11(2,13)9-12-8-10-6-4-3-5-7-10/h3-7,12-13H,8-9H2,1-2H3. The van der Waals surface area contributed by atoms with Gasteiger partial charge in [-0.3, -0.25) is 0 Å². The van der Waals surface area contributed by atoms with Gasteiger partial charge < -0.3 is 5.32 Å². The van der Waals surface area contributed by atoms with E-state index in [1.165, 1.54) is 5.56 Å². The minimum Gasteiger partial charge on any atom is -0.311 e. The zero-order chi connectivity index (χ0) is 9.73. The van der Waals surface area contributed by atoms with E-state index in [4.69, 9.17) is 0 Å². The molecule has 0 aliphatic rings. The molecule has 0 fully saturated rings. The largest absolute Gasteiger partial charge is 0.311 e. The van der Waals surface area contributed by atoms with Crippen LogP contribution in [0, 0.1) is 0 Å². The van der Waals surface area contributed by atoms with Crippen molar-refractivity contribution in [1.82, 2.24) is 5.32 Å². The molecule has 1 N–H and O–H groups in total. The SMILES string of the molecule is CC(C)(S)CNCc1ccccc1. The summed E-state index contributed by atoms with van der Waals surface area (Å²) in [7, 11) is 0. The number of rotatable bonds is 4. The lowest BCUT2D eigenvalue weighted by atomic mass is 10.2. The van der Waals surface area contributed by atoms with Crippen LogP contribution in [0.5, 0.6) is 0 Å². The van der Waals surface area contributed by atoms with E-state index in [1.807, 2.05) is 6.07 Å². The van der Waals surface area contributed by atoms with E-state index in [0.717, 1.165) is 13.1 Å². The molecule has 1 nitrogen and oxygen atoms in total. The number of benzene rings is 1. The smallest absolute Gasteiger partial charge is 0.0206 e. The summed E-state index contributed by atoms with van der Waals surface area (Å²) in [5.74, 6) is 0. The Kier molecular flexibility index (Phi) is 3.82. The molecule has 0 saturated carbocycles. The molecule has 0 heterocycles. The van der Waals surface area contributed by atoms with Crippen molar-refractivity contribution in [2.75, 3.05) is 6.54 Å². The van der Waals surface area contributed by atoms with Gasteiger partial charge in [-0.2, -0.15) is 12.6 Å². The minimum absolute atomic E-state index is 0.0643. The van der Waals surface area contributed by atoms with Crippen LogP contribution < -0.4 is 5.32 Å². The normalized spacial score (nSPS) is 11.6. The quantitative estimate of drug-likeness (QED) is 0.703. The summed E-state index contributed by atoms with van der Waals surface area (Å²) in [5, 5.41) is 3.37. The van der Waals surface area contributed by atoms with Gasteiger partial charge in [0.15, 0.2) is 0 Å². The zero-order valence-corrected chi connectivity index (χ0v) is 9.14. The molecule has 0 unspecified atom stereocenters. The Morgan fingerprint density at radius 2 is 1.85 bits per heavy atom. The van der Waals surface area contributed by atoms with Gasteiger partial charge in [0.2, 0.25) is 0 Å². The Bertz CT molecular complexity index is 238. The monoisotopic (exact) mass is 195 g/mol. The second-order valence-electron chi connectivity index (χ2n) is 3.90. The molecule has 2 heteroatoms. The maximum atomic E-state index is 4.44. The van der Waals surface area contributed by atoms with Gasteiger partial charge in [0.25, 0.3) is 0 Å². The van der Waals surface area contributed by atoms with Crippen molar-refractivity contribution in [3.8, 4) is 0 Å². The number of nitrogens with one attached hydrogen (secondary N) is 1. The maximum Gasteiger partial charge on any atom is 0.0206 e. The number of hydrogen-bond donors (Lipinski definition) is 2. The highest BCUT2D eigenvalue weighted by Gasteiger charge is 2.09. The molecule has 0 bridgehead atoms. The molecule has 0 aromatic heterocycles. The van der Waals surface area contributed by atoms with E-state index in [9.17, 15) is 0 Å². The molecular formula is C11H17NS. The summed E-state index contributed by atoms with van der Waals surface area (Å²) in [4.78, 5) is 0. The van der Waals surface area contributed by atoms with Crippen LogP contribution in [0.15, 0.2) is 30.3 Å². The van der Waals surface area contributed by atoms with Gasteiger partial charge >= 0.3 is 0 Å². The minimum atomic E-state index is 0.0643. The molecule has 0 radical (unpaired) electrons. The van der Waals surface area contributed by atoms with Crippen LogP contribution >= 0.6 is 12.6 Å². The third kappa shape index (κ3) is 4.96. The van der Waals surface area contributed by atoms with Crippen LogP contribution in [0.3, 0.4) is 0 Å². The highest BCUT2D eigenvalue weighted by atomic mass is 32.1. The maximum absolute atomic E-state index is 4.44. The molecule has 0 aliphatic carbocycles. The van der Waals surface area contributed by atoms with E-state index in [0.29, 0.717) is 0 Å². The summed E-state index contributed by atoms with van der Waals surface area (Å²) < 4.78 is 0.0643. The first-order valence-corrected chi connectivity index (χ1v) is 5.00. The van der Waals surface area contributed by atoms with Crippen molar-refractivity contribution in [2.24, 2.45) is 0 Å². The summed E-state index contributed by atoms with van der Waals surface area (Å²) in [5.41, 5.74) is 1.32. The fourth-order valence-corrected chi connectivity index (χ4v) is 1.22. The fraction of sp³-hybridized carbons (Fsp3) is 0.455. The third-order valence-electron chi connectivity index (χ3n) is 1.73. The van der Waals surface area contributed by atoms with Gasteiger partial charge in [0.05, 0.1) is 0 Å². The predicted octanol–water partition coefficient (Wildman–Crippen LogP) is 2.48. The lowest BCUT2D eigenvalue weighted by molar-refractivity contribution is 0.593. The average Bonchev–Trinajstić information content (AvgIpc) is 2.04. The summed E-state index contributed by atoms with van der Waals surface area (Å²) in [6.45, 7) is 6.05. The Morgan fingerprint density at radius 1 is 1.23 bits per heavy atom. The molecule has 72 valence electrons. The first kappa shape index (κ1) is 10.6. The van der Waals surface area contributed by atoms with Crippen molar-refractivity contribution < 1.29 is 0 Å². The van der Waals surface area contributed by atoms with Crippen LogP contribution in [0.1, 0.15) is 19.4 Å². The Morgan fingerprint density at radius 3 is 2.38 bits per heavy atom. The van der Waals surface area contributed by atoms with Crippen molar-refractivity contribution >= 4 is 12.6 Å². The summed E-state index contributed by atoms with van der Waals surface area (Å²) in [6.07, 6.45) is 0.